The molecule has 0 aliphatic carbocycles. The van der Waals surface area contributed by atoms with Crippen LogP contribution in [0.15, 0.2) is 12.7 Å². The van der Waals surface area contributed by atoms with Gasteiger partial charge in [-0.1, -0.05) is 13.8 Å². The van der Waals surface area contributed by atoms with Crippen LogP contribution in [0.4, 0.5) is 5.82 Å². The highest BCUT2D eigenvalue weighted by Gasteiger charge is 2.44. The first-order valence-corrected chi connectivity index (χ1v) is 7.56. The summed E-state index contributed by atoms with van der Waals surface area (Å²) in [4.78, 5) is 12.7. The first-order valence-electron chi connectivity index (χ1n) is 7.56. The molecule has 0 amide bonds. The third kappa shape index (κ3) is 2.88. The minimum absolute atomic E-state index is 0.377. The second-order valence-corrected chi connectivity index (χ2v) is 6.05. The van der Waals surface area contributed by atoms with E-state index in [1.807, 2.05) is 0 Å². The normalized spacial score (nSPS) is 27.9. The van der Waals surface area contributed by atoms with Gasteiger partial charge in [0.25, 0.3) is 0 Å². The van der Waals surface area contributed by atoms with Gasteiger partial charge in [0.1, 0.15) is 24.6 Å². The Balaban J connectivity index is 1.93. The summed E-state index contributed by atoms with van der Waals surface area (Å²) in [5.41, 5.74) is 1.05. The predicted molar refractivity (Wildman–Crippen MR) is 81.7 cm³/mol. The third-order valence-electron chi connectivity index (χ3n) is 3.83. The molecule has 0 saturated carbocycles. The number of fused-ring (bicyclic) bond motifs is 1. The van der Waals surface area contributed by atoms with Crippen LogP contribution in [0.3, 0.4) is 0 Å². The van der Waals surface area contributed by atoms with Crippen molar-refractivity contribution < 1.29 is 20.1 Å². The molecular weight excluding hydrogens is 302 g/mol. The highest BCUT2D eigenvalue weighted by molar-refractivity contribution is 5.82. The molecule has 4 N–H and O–H groups in total. The van der Waals surface area contributed by atoms with Gasteiger partial charge >= 0.3 is 0 Å². The largest absolute Gasteiger partial charge is 0.394 e. The van der Waals surface area contributed by atoms with Gasteiger partial charge in [-0.25, -0.2) is 15.0 Å². The van der Waals surface area contributed by atoms with Gasteiger partial charge < -0.3 is 25.4 Å². The Bertz CT molecular complexity index is 676. The molecule has 23 heavy (non-hydrogen) atoms. The maximum Gasteiger partial charge on any atom is 0.167 e. The average molecular weight is 323 g/mol. The highest BCUT2D eigenvalue weighted by Crippen LogP contribution is 2.32. The molecule has 9 heteroatoms. The van der Waals surface area contributed by atoms with Gasteiger partial charge in [0, 0.05) is 6.54 Å². The summed E-state index contributed by atoms with van der Waals surface area (Å²) in [6.45, 7) is 4.54. The van der Waals surface area contributed by atoms with Crippen LogP contribution >= 0.6 is 0 Å². The molecule has 2 unspecified atom stereocenters. The van der Waals surface area contributed by atoms with Crippen LogP contribution in [0.2, 0.25) is 0 Å². The van der Waals surface area contributed by atoms with Crippen LogP contribution in [0.5, 0.6) is 0 Å². The van der Waals surface area contributed by atoms with Crippen molar-refractivity contribution in [1.29, 1.82) is 0 Å². The quantitative estimate of drug-likeness (QED) is 0.580. The summed E-state index contributed by atoms with van der Waals surface area (Å²) >= 11 is 0. The lowest BCUT2D eigenvalue weighted by Gasteiger charge is -2.16. The van der Waals surface area contributed by atoms with Crippen LogP contribution < -0.4 is 5.32 Å². The van der Waals surface area contributed by atoms with E-state index >= 15 is 0 Å². The van der Waals surface area contributed by atoms with Crippen LogP contribution in [0.1, 0.15) is 20.1 Å². The molecule has 1 aliphatic rings. The van der Waals surface area contributed by atoms with E-state index in [2.05, 4.69) is 34.1 Å². The minimum Gasteiger partial charge on any atom is -0.394 e. The Morgan fingerprint density at radius 1 is 1.26 bits per heavy atom. The van der Waals surface area contributed by atoms with E-state index in [0.717, 1.165) is 6.54 Å². The Labute approximate surface area is 133 Å². The topological polar surface area (TPSA) is 126 Å². The van der Waals surface area contributed by atoms with E-state index in [-0.39, 0.29) is 6.61 Å². The van der Waals surface area contributed by atoms with E-state index in [1.165, 1.54) is 12.7 Å². The average Bonchev–Trinajstić information content (AvgIpc) is 3.08. The fraction of sp³-hybridized carbons (Fsp3) is 0.643. The Kier molecular flexibility index (Phi) is 4.44. The smallest absolute Gasteiger partial charge is 0.167 e. The van der Waals surface area contributed by atoms with Crippen molar-refractivity contribution in [2.75, 3.05) is 18.5 Å². The number of nitrogens with one attached hydrogen (secondary N) is 1. The number of nitrogens with zero attached hydrogens (tertiary/aromatic N) is 4. The third-order valence-corrected chi connectivity index (χ3v) is 3.83. The molecule has 1 aliphatic heterocycles. The second kappa shape index (κ2) is 6.36. The van der Waals surface area contributed by atoms with E-state index < -0.39 is 24.5 Å². The van der Waals surface area contributed by atoms with Gasteiger partial charge in [-0.2, -0.15) is 0 Å². The van der Waals surface area contributed by atoms with Crippen LogP contribution in [-0.4, -0.2) is 66.3 Å². The lowest BCUT2D eigenvalue weighted by Crippen LogP contribution is -2.33. The molecule has 0 radical (unpaired) electrons. The number of aliphatic hydroxyl groups is 3. The van der Waals surface area contributed by atoms with E-state index in [4.69, 9.17) is 4.74 Å². The van der Waals surface area contributed by atoms with Crippen molar-refractivity contribution in [3.05, 3.63) is 12.7 Å². The Hall–Kier alpha value is -1.81. The lowest BCUT2D eigenvalue weighted by atomic mass is 10.1. The standard InChI is InChI=1S/C14H21N5O4/c1-7(2)3-15-12-9-13(17-5-16-12)19(6-18-9)14-11(22)10(21)8(4-20)23-14/h5-8,10-11,14,20-22H,3-4H2,1-2H3,(H,15,16,17)/t8-,10?,11?,14-/m1/s1. The number of anilines is 1. The molecule has 3 heterocycles. The van der Waals surface area contributed by atoms with Gasteiger partial charge in [-0.05, 0) is 5.92 Å². The van der Waals surface area contributed by atoms with Crippen LogP contribution in [0.25, 0.3) is 11.2 Å². The van der Waals surface area contributed by atoms with Gasteiger partial charge in [0.05, 0.1) is 12.9 Å². The molecule has 0 spiro atoms. The zero-order chi connectivity index (χ0) is 16.6. The number of imidazole rings is 1. The molecular formula is C14H21N5O4. The molecule has 2 aromatic heterocycles. The zero-order valence-corrected chi connectivity index (χ0v) is 13.0. The monoisotopic (exact) mass is 323 g/mol. The van der Waals surface area contributed by atoms with Crippen LogP contribution in [-0.2, 0) is 4.74 Å². The summed E-state index contributed by atoms with van der Waals surface area (Å²) in [6, 6.07) is 0. The first kappa shape index (κ1) is 16.1. The summed E-state index contributed by atoms with van der Waals surface area (Å²) < 4.78 is 7.06. The SMILES string of the molecule is CC(C)CNc1ncnc2c1ncn2[C@@H]1O[C@H](CO)C(O)C1O. The molecule has 4 atom stereocenters. The van der Waals surface area contributed by atoms with Crippen LogP contribution in [0, 0.1) is 5.92 Å². The number of hydrogen-bond acceptors (Lipinski definition) is 8. The number of hydrogen-bond donors (Lipinski definition) is 4. The maximum atomic E-state index is 10.1. The van der Waals surface area contributed by atoms with E-state index in [1.54, 1.807) is 4.57 Å². The Morgan fingerprint density at radius 2 is 2.04 bits per heavy atom. The van der Waals surface area contributed by atoms with Gasteiger partial charge in [0.2, 0.25) is 0 Å². The van der Waals surface area contributed by atoms with Crippen molar-refractivity contribution in [2.24, 2.45) is 5.92 Å². The molecule has 0 bridgehead atoms. The molecule has 3 rings (SSSR count). The predicted octanol–water partition coefficient (Wildman–Crippen LogP) is -0.494. The van der Waals surface area contributed by atoms with E-state index in [9.17, 15) is 15.3 Å². The lowest BCUT2D eigenvalue weighted by molar-refractivity contribution is -0.0511. The maximum absolute atomic E-state index is 10.1. The summed E-state index contributed by atoms with van der Waals surface area (Å²) in [5.74, 6) is 1.05. The fourth-order valence-electron chi connectivity index (χ4n) is 2.58. The van der Waals surface area contributed by atoms with Crippen molar-refractivity contribution in [3.8, 4) is 0 Å². The zero-order valence-electron chi connectivity index (χ0n) is 13.0. The van der Waals surface area contributed by atoms with Crippen molar-refractivity contribution in [3.63, 3.8) is 0 Å². The van der Waals surface area contributed by atoms with Gasteiger partial charge in [-0.3, -0.25) is 4.57 Å². The molecule has 1 saturated heterocycles. The number of ether oxygens (including phenoxy) is 1. The molecule has 1 fully saturated rings. The molecule has 126 valence electrons. The van der Waals surface area contributed by atoms with Gasteiger partial charge in [0.15, 0.2) is 23.2 Å². The summed E-state index contributed by atoms with van der Waals surface area (Å²) in [6.07, 6.45) is -1.15. The number of aromatic nitrogens is 4. The fourth-order valence-corrected chi connectivity index (χ4v) is 2.58. The van der Waals surface area contributed by atoms with Crippen molar-refractivity contribution in [1.82, 2.24) is 19.5 Å². The Morgan fingerprint density at radius 3 is 2.70 bits per heavy atom. The summed E-state index contributed by atoms with van der Waals surface area (Å²) in [7, 11) is 0. The number of aliphatic hydroxyl groups excluding tert-OH is 3. The van der Waals surface area contributed by atoms with E-state index in [0.29, 0.717) is 22.9 Å². The highest BCUT2D eigenvalue weighted by atomic mass is 16.6. The minimum atomic E-state index is -1.17. The molecule has 9 nitrogen and oxygen atoms in total. The second-order valence-electron chi connectivity index (χ2n) is 6.05. The summed E-state index contributed by atoms with van der Waals surface area (Å²) in [5, 5.41) is 32.4. The van der Waals surface area contributed by atoms with Crippen molar-refractivity contribution in [2.45, 2.75) is 38.4 Å². The van der Waals surface area contributed by atoms with Gasteiger partial charge in [-0.15, -0.1) is 0 Å². The molecule has 2 aromatic rings. The number of rotatable bonds is 5. The van der Waals surface area contributed by atoms with Crippen molar-refractivity contribution >= 4 is 17.0 Å². The molecule has 0 aromatic carbocycles. The first-order chi connectivity index (χ1) is 11.0.